The fourth-order valence-electron chi connectivity index (χ4n) is 0.859. The summed E-state index contributed by atoms with van der Waals surface area (Å²) in [6.45, 7) is 3.47. The predicted molar refractivity (Wildman–Crippen MR) is 41.7 cm³/mol. The first-order valence-electron chi connectivity index (χ1n) is 3.54. The Bertz CT molecular complexity index is 300. The Hall–Kier alpha value is -0.350. The van der Waals surface area contributed by atoms with E-state index >= 15 is 0 Å². The predicted octanol–water partition coefficient (Wildman–Crippen LogP) is -6.62. The van der Waals surface area contributed by atoms with Gasteiger partial charge in [-0.2, -0.15) is 4.57 Å². The van der Waals surface area contributed by atoms with Gasteiger partial charge in [0, 0.05) is 12.1 Å². The summed E-state index contributed by atoms with van der Waals surface area (Å²) in [5, 5.41) is 10.2. The van der Waals surface area contributed by atoms with Crippen molar-refractivity contribution in [3.8, 4) is 0 Å². The molecule has 1 aromatic rings. The van der Waals surface area contributed by atoms with Crippen molar-refractivity contribution in [3.05, 3.63) is 36.7 Å². The zero-order valence-electron chi connectivity index (χ0n) is 7.94. The molecule has 0 fully saturated rings. The summed E-state index contributed by atoms with van der Waals surface area (Å²) in [5.74, 6) is -1.09. The molecule has 1 rings (SSSR count). The maximum Gasteiger partial charge on any atom is 1.00 e. The van der Waals surface area contributed by atoms with E-state index in [-0.39, 0.29) is 48.5 Å². The molecule has 0 saturated carbocycles. The van der Waals surface area contributed by atoms with Crippen molar-refractivity contribution in [1.29, 1.82) is 0 Å². The number of halogens is 1. The Morgan fingerprint density at radius 3 is 2.36 bits per heavy atom. The Labute approximate surface area is 111 Å². The molecule has 0 aliphatic carbocycles. The molecular weight excluding hydrogens is 213 g/mol. The standard InChI is InChI=1S/C9H9NO2.ClH.Na/c1-2-8-3-5-10(6-4-8)7-9(11)12;;/h2-6H,1,7H2;1H;/q;;+1/p-1. The maximum atomic E-state index is 10.2. The van der Waals surface area contributed by atoms with Crippen molar-refractivity contribution < 1.29 is 56.4 Å². The average Bonchev–Trinajstić information content (AvgIpc) is 2.05. The smallest absolute Gasteiger partial charge is 1.00 e. The number of pyridine rings is 1. The van der Waals surface area contributed by atoms with Crippen LogP contribution in [0.1, 0.15) is 5.56 Å². The van der Waals surface area contributed by atoms with Gasteiger partial charge in [0.25, 0.3) is 0 Å². The van der Waals surface area contributed by atoms with Crippen molar-refractivity contribution in [1.82, 2.24) is 0 Å². The molecule has 3 nitrogen and oxygen atoms in total. The van der Waals surface area contributed by atoms with Gasteiger partial charge in [-0.15, -0.1) is 0 Å². The van der Waals surface area contributed by atoms with E-state index in [1.807, 2.05) is 0 Å². The number of hydrogen-bond acceptors (Lipinski definition) is 2. The van der Waals surface area contributed by atoms with Crippen LogP contribution in [-0.4, -0.2) is 5.97 Å². The largest absolute Gasteiger partial charge is 1.00 e. The molecule has 0 amide bonds. The fraction of sp³-hybridized carbons (Fsp3) is 0.111. The summed E-state index contributed by atoms with van der Waals surface area (Å²) < 4.78 is 1.53. The van der Waals surface area contributed by atoms with Crippen molar-refractivity contribution in [3.63, 3.8) is 0 Å². The van der Waals surface area contributed by atoms with Gasteiger partial charge in [0.1, 0.15) is 5.97 Å². The first-order chi connectivity index (χ1) is 5.72. The van der Waals surface area contributed by atoms with E-state index in [1.165, 1.54) is 4.57 Å². The topological polar surface area (TPSA) is 44.0 Å². The Kier molecular flexibility index (Phi) is 9.20. The van der Waals surface area contributed by atoms with Crippen LogP contribution < -0.4 is 51.6 Å². The van der Waals surface area contributed by atoms with Crippen molar-refractivity contribution in [2.45, 2.75) is 6.54 Å². The van der Waals surface area contributed by atoms with Gasteiger partial charge < -0.3 is 22.3 Å². The molecule has 1 aromatic heterocycles. The van der Waals surface area contributed by atoms with Gasteiger partial charge >= 0.3 is 29.6 Å². The first-order valence-corrected chi connectivity index (χ1v) is 3.54. The molecule has 0 atom stereocenters. The number of rotatable bonds is 3. The summed E-state index contributed by atoms with van der Waals surface area (Å²) >= 11 is 0. The quantitative estimate of drug-likeness (QED) is 0.376. The van der Waals surface area contributed by atoms with E-state index in [2.05, 4.69) is 6.58 Å². The fourth-order valence-corrected chi connectivity index (χ4v) is 0.859. The third kappa shape index (κ3) is 5.40. The second-order valence-corrected chi connectivity index (χ2v) is 2.38. The number of aliphatic carboxylic acids is 1. The summed E-state index contributed by atoms with van der Waals surface area (Å²) in [7, 11) is 0. The molecule has 14 heavy (non-hydrogen) atoms. The SMILES string of the molecule is C=Cc1cc[n+](CC(=O)[O-])cc1.[Cl-].[Na+]. The zero-order valence-corrected chi connectivity index (χ0v) is 10.7. The normalized spacial score (nSPS) is 8.00. The van der Waals surface area contributed by atoms with E-state index < -0.39 is 5.97 Å². The van der Waals surface area contributed by atoms with Gasteiger partial charge in [0.05, 0.1) is 0 Å². The van der Waals surface area contributed by atoms with Crippen LogP contribution in [-0.2, 0) is 11.3 Å². The van der Waals surface area contributed by atoms with Crippen molar-refractivity contribution >= 4 is 12.0 Å². The zero-order chi connectivity index (χ0) is 8.97. The molecule has 0 saturated heterocycles. The molecule has 0 N–H and O–H groups in total. The van der Waals surface area contributed by atoms with Crippen LogP contribution in [0.2, 0.25) is 0 Å². The number of aromatic nitrogens is 1. The van der Waals surface area contributed by atoms with Gasteiger partial charge in [0.15, 0.2) is 18.9 Å². The number of nitrogens with zero attached hydrogens (tertiary/aromatic N) is 1. The second-order valence-electron chi connectivity index (χ2n) is 2.38. The number of carboxylic acids is 1. The number of carbonyl (C=O) groups excluding carboxylic acids is 1. The Morgan fingerprint density at radius 2 is 2.00 bits per heavy atom. The minimum absolute atomic E-state index is 0. The molecule has 5 heteroatoms. The van der Waals surface area contributed by atoms with Gasteiger partial charge in [0.2, 0.25) is 0 Å². The minimum atomic E-state index is -1.09. The minimum Gasteiger partial charge on any atom is -1.00 e. The van der Waals surface area contributed by atoms with Crippen LogP contribution in [0.4, 0.5) is 0 Å². The molecule has 0 bridgehead atoms. The third-order valence-electron chi connectivity index (χ3n) is 1.46. The van der Waals surface area contributed by atoms with Crippen LogP contribution in [0.25, 0.3) is 6.08 Å². The van der Waals surface area contributed by atoms with E-state index in [4.69, 9.17) is 0 Å². The van der Waals surface area contributed by atoms with Crippen LogP contribution in [0.15, 0.2) is 31.1 Å². The van der Waals surface area contributed by atoms with Gasteiger partial charge in [-0.1, -0.05) is 12.7 Å². The monoisotopic (exact) mass is 221 g/mol. The Balaban J connectivity index is 0. The summed E-state index contributed by atoms with van der Waals surface area (Å²) in [5.41, 5.74) is 0.963. The van der Waals surface area contributed by atoms with Crippen LogP contribution in [0, 0.1) is 0 Å². The maximum absolute atomic E-state index is 10.2. The summed E-state index contributed by atoms with van der Waals surface area (Å²) in [4.78, 5) is 10.2. The van der Waals surface area contributed by atoms with Crippen LogP contribution in [0.3, 0.4) is 0 Å². The molecule has 70 valence electrons. The number of carbonyl (C=O) groups is 1. The van der Waals surface area contributed by atoms with Crippen molar-refractivity contribution in [2.24, 2.45) is 0 Å². The molecule has 0 aromatic carbocycles. The van der Waals surface area contributed by atoms with Crippen LogP contribution >= 0.6 is 0 Å². The van der Waals surface area contributed by atoms with Gasteiger partial charge in [-0.05, 0) is 5.56 Å². The van der Waals surface area contributed by atoms with E-state index in [9.17, 15) is 9.90 Å². The molecule has 0 radical (unpaired) electrons. The number of carboxylic acid groups (broad SMARTS) is 1. The molecule has 0 unspecified atom stereocenters. The van der Waals surface area contributed by atoms with E-state index in [0.29, 0.717) is 0 Å². The average molecular weight is 222 g/mol. The van der Waals surface area contributed by atoms with E-state index in [1.54, 1.807) is 30.6 Å². The van der Waals surface area contributed by atoms with Crippen LogP contribution in [0.5, 0.6) is 0 Å². The number of hydrogen-bond donors (Lipinski definition) is 0. The molecular formula is C9H9ClNNaO2. The van der Waals surface area contributed by atoms with Gasteiger partial charge in [-0.25, -0.2) is 0 Å². The molecule has 0 spiro atoms. The van der Waals surface area contributed by atoms with E-state index in [0.717, 1.165) is 5.56 Å². The Morgan fingerprint density at radius 1 is 1.50 bits per heavy atom. The molecule has 0 aliphatic rings. The van der Waals surface area contributed by atoms with Crippen molar-refractivity contribution in [2.75, 3.05) is 0 Å². The summed E-state index contributed by atoms with van der Waals surface area (Å²) in [6, 6.07) is 3.58. The molecule has 0 aliphatic heterocycles. The summed E-state index contributed by atoms with van der Waals surface area (Å²) in [6.07, 6.45) is 5.04. The third-order valence-corrected chi connectivity index (χ3v) is 1.46. The van der Waals surface area contributed by atoms with Gasteiger partial charge in [-0.3, -0.25) is 0 Å². The first kappa shape index (κ1) is 16.1. The molecule has 1 heterocycles. The second kappa shape index (κ2) is 8.00.